The molecule has 1 saturated heterocycles. The fourth-order valence-corrected chi connectivity index (χ4v) is 3.51. The van der Waals surface area contributed by atoms with Gasteiger partial charge in [0, 0.05) is 46.8 Å². The summed E-state index contributed by atoms with van der Waals surface area (Å²) in [5.41, 5.74) is 2.05. The number of nitrogens with zero attached hydrogens (tertiary/aromatic N) is 1. The second-order valence-corrected chi connectivity index (χ2v) is 7.96. The lowest BCUT2D eigenvalue weighted by atomic mass is 9.95. The molecule has 1 aliphatic heterocycles. The van der Waals surface area contributed by atoms with E-state index in [-0.39, 0.29) is 23.6 Å². The van der Waals surface area contributed by atoms with E-state index in [2.05, 4.69) is 26.6 Å². The zero-order valence-electron chi connectivity index (χ0n) is 16.3. The molecule has 1 fully saturated rings. The highest BCUT2D eigenvalue weighted by molar-refractivity contribution is 9.10. The Morgan fingerprint density at radius 1 is 0.931 bits per heavy atom. The van der Waals surface area contributed by atoms with E-state index in [1.165, 1.54) is 0 Å². The smallest absolute Gasteiger partial charge is 0.253 e. The van der Waals surface area contributed by atoms with Gasteiger partial charge in [-0.25, -0.2) is 0 Å². The normalized spacial score (nSPS) is 14.3. The molecule has 0 radical (unpaired) electrons. The van der Waals surface area contributed by atoms with Gasteiger partial charge in [0.1, 0.15) is 0 Å². The third-order valence-corrected chi connectivity index (χ3v) is 5.53. The van der Waals surface area contributed by atoms with Crippen LogP contribution in [0, 0.1) is 5.92 Å². The van der Waals surface area contributed by atoms with E-state index in [1.54, 1.807) is 48.2 Å². The highest BCUT2D eigenvalue weighted by Crippen LogP contribution is 2.22. The zero-order chi connectivity index (χ0) is 20.8. The lowest BCUT2D eigenvalue weighted by molar-refractivity contribution is -0.121. The average Bonchev–Trinajstić information content (AvgIpc) is 2.75. The van der Waals surface area contributed by atoms with Gasteiger partial charge in [-0.1, -0.05) is 22.9 Å². The van der Waals surface area contributed by atoms with Crippen LogP contribution < -0.4 is 10.6 Å². The quantitative estimate of drug-likeness (QED) is 0.702. The Labute approximate surface area is 178 Å². The van der Waals surface area contributed by atoms with Crippen molar-refractivity contribution in [3.63, 3.8) is 0 Å². The topological polar surface area (TPSA) is 78.5 Å². The van der Waals surface area contributed by atoms with Crippen molar-refractivity contribution in [3.8, 4) is 0 Å². The van der Waals surface area contributed by atoms with Crippen molar-refractivity contribution in [3.05, 3.63) is 58.6 Å². The standard InChI is InChI=1S/C22H24BrN3O3/c1-2-20(27)24-18-7-9-19(10-8-18)25-21(28)15-11-13-26(14-12-15)22(29)16-3-5-17(23)6-4-16/h3-10,15H,2,11-14H2,1H3,(H,24,27)(H,25,28). The molecule has 0 unspecified atom stereocenters. The molecule has 152 valence electrons. The molecule has 2 aromatic rings. The molecule has 0 aliphatic carbocycles. The Morgan fingerprint density at radius 2 is 1.48 bits per heavy atom. The van der Waals surface area contributed by atoms with Gasteiger partial charge in [-0.15, -0.1) is 0 Å². The molecule has 7 heteroatoms. The van der Waals surface area contributed by atoms with Gasteiger partial charge >= 0.3 is 0 Å². The lowest BCUT2D eigenvalue weighted by Gasteiger charge is -2.31. The molecule has 29 heavy (non-hydrogen) atoms. The van der Waals surface area contributed by atoms with Crippen LogP contribution in [0.2, 0.25) is 0 Å². The molecular weight excluding hydrogens is 434 g/mol. The summed E-state index contributed by atoms with van der Waals surface area (Å²) in [5.74, 6) is -0.207. The molecule has 6 nitrogen and oxygen atoms in total. The summed E-state index contributed by atoms with van der Waals surface area (Å²) in [6, 6.07) is 14.4. The van der Waals surface area contributed by atoms with Gasteiger partial charge in [-0.2, -0.15) is 0 Å². The van der Waals surface area contributed by atoms with Gasteiger partial charge in [-0.05, 0) is 61.4 Å². The van der Waals surface area contributed by atoms with Crippen LogP contribution >= 0.6 is 15.9 Å². The maximum absolute atomic E-state index is 12.6. The number of nitrogens with one attached hydrogen (secondary N) is 2. The number of rotatable bonds is 5. The minimum atomic E-state index is -0.122. The third kappa shape index (κ3) is 5.67. The van der Waals surface area contributed by atoms with Gasteiger partial charge in [0.2, 0.25) is 11.8 Å². The van der Waals surface area contributed by atoms with Crippen molar-refractivity contribution in [1.29, 1.82) is 0 Å². The van der Waals surface area contributed by atoms with E-state index in [1.807, 2.05) is 12.1 Å². The van der Waals surface area contributed by atoms with Gasteiger partial charge in [0.15, 0.2) is 0 Å². The van der Waals surface area contributed by atoms with E-state index in [9.17, 15) is 14.4 Å². The average molecular weight is 458 g/mol. The monoisotopic (exact) mass is 457 g/mol. The summed E-state index contributed by atoms with van der Waals surface area (Å²) in [6.07, 6.45) is 1.69. The molecule has 3 amide bonds. The fraction of sp³-hybridized carbons (Fsp3) is 0.318. The van der Waals surface area contributed by atoms with Crippen molar-refractivity contribution >= 4 is 45.0 Å². The molecule has 3 rings (SSSR count). The summed E-state index contributed by atoms with van der Waals surface area (Å²) in [7, 11) is 0. The number of likely N-dealkylation sites (tertiary alicyclic amines) is 1. The molecule has 0 aromatic heterocycles. The van der Waals surface area contributed by atoms with Crippen LogP contribution in [0.1, 0.15) is 36.5 Å². The summed E-state index contributed by atoms with van der Waals surface area (Å²) >= 11 is 3.37. The van der Waals surface area contributed by atoms with Crippen molar-refractivity contribution in [2.45, 2.75) is 26.2 Å². The predicted octanol–water partition coefficient (Wildman–Crippen LogP) is 4.29. The number of hydrogen-bond acceptors (Lipinski definition) is 3. The molecule has 2 N–H and O–H groups in total. The minimum absolute atomic E-state index is 0.000994. The minimum Gasteiger partial charge on any atom is -0.339 e. The van der Waals surface area contributed by atoms with Crippen LogP contribution in [0.25, 0.3) is 0 Å². The summed E-state index contributed by atoms with van der Waals surface area (Å²) < 4.78 is 0.935. The SMILES string of the molecule is CCC(=O)Nc1ccc(NC(=O)C2CCN(C(=O)c3ccc(Br)cc3)CC2)cc1. The number of anilines is 2. The molecule has 0 bridgehead atoms. The third-order valence-electron chi connectivity index (χ3n) is 5.00. The van der Waals surface area contributed by atoms with Crippen LogP contribution in [0.3, 0.4) is 0 Å². The van der Waals surface area contributed by atoms with Crippen LogP contribution in [0.15, 0.2) is 53.0 Å². The largest absolute Gasteiger partial charge is 0.339 e. The maximum Gasteiger partial charge on any atom is 0.253 e. The zero-order valence-corrected chi connectivity index (χ0v) is 17.9. The van der Waals surface area contributed by atoms with E-state index < -0.39 is 0 Å². The Morgan fingerprint density at radius 3 is 2.03 bits per heavy atom. The first kappa shape index (κ1) is 21.0. The number of benzene rings is 2. The first-order valence-electron chi connectivity index (χ1n) is 9.72. The molecule has 0 spiro atoms. The second kappa shape index (κ2) is 9.69. The van der Waals surface area contributed by atoms with Crippen LogP contribution in [-0.4, -0.2) is 35.7 Å². The first-order chi connectivity index (χ1) is 14.0. The van der Waals surface area contributed by atoms with Gasteiger partial charge < -0.3 is 15.5 Å². The molecular formula is C22H24BrN3O3. The Bertz CT molecular complexity index is 873. The van der Waals surface area contributed by atoms with Crippen molar-refractivity contribution in [2.24, 2.45) is 5.92 Å². The van der Waals surface area contributed by atoms with E-state index in [0.717, 1.165) is 4.47 Å². The summed E-state index contributed by atoms with van der Waals surface area (Å²) in [5, 5.41) is 5.70. The van der Waals surface area contributed by atoms with E-state index >= 15 is 0 Å². The molecule has 1 heterocycles. The maximum atomic E-state index is 12.6. The van der Waals surface area contributed by atoms with E-state index in [4.69, 9.17) is 0 Å². The van der Waals surface area contributed by atoms with Crippen LogP contribution in [-0.2, 0) is 9.59 Å². The Kier molecular flexibility index (Phi) is 7.04. The number of halogens is 1. The second-order valence-electron chi connectivity index (χ2n) is 7.04. The highest BCUT2D eigenvalue weighted by atomic mass is 79.9. The van der Waals surface area contributed by atoms with Gasteiger partial charge in [-0.3, -0.25) is 14.4 Å². The molecule has 1 aliphatic rings. The van der Waals surface area contributed by atoms with Gasteiger partial charge in [0.05, 0.1) is 0 Å². The number of carbonyl (C=O) groups excluding carboxylic acids is 3. The lowest BCUT2D eigenvalue weighted by Crippen LogP contribution is -2.41. The van der Waals surface area contributed by atoms with E-state index in [0.29, 0.717) is 49.3 Å². The number of carbonyl (C=O) groups is 3. The molecule has 0 atom stereocenters. The Balaban J connectivity index is 1.50. The highest BCUT2D eigenvalue weighted by Gasteiger charge is 2.27. The number of hydrogen-bond donors (Lipinski definition) is 2. The fourth-order valence-electron chi connectivity index (χ4n) is 3.25. The van der Waals surface area contributed by atoms with Crippen molar-refractivity contribution < 1.29 is 14.4 Å². The van der Waals surface area contributed by atoms with Crippen LogP contribution in [0.4, 0.5) is 11.4 Å². The van der Waals surface area contributed by atoms with Crippen LogP contribution in [0.5, 0.6) is 0 Å². The first-order valence-corrected chi connectivity index (χ1v) is 10.5. The Hall–Kier alpha value is -2.67. The van der Waals surface area contributed by atoms with Gasteiger partial charge in [0.25, 0.3) is 5.91 Å². The predicted molar refractivity (Wildman–Crippen MR) is 117 cm³/mol. The summed E-state index contributed by atoms with van der Waals surface area (Å²) in [4.78, 5) is 38.4. The molecule has 2 aromatic carbocycles. The number of amides is 3. The van der Waals surface area contributed by atoms with Crippen molar-refractivity contribution in [2.75, 3.05) is 23.7 Å². The van der Waals surface area contributed by atoms with Crippen molar-refractivity contribution in [1.82, 2.24) is 4.90 Å². The number of piperidine rings is 1. The summed E-state index contributed by atoms with van der Waals surface area (Å²) in [6.45, 7) is 2.92. The molecule has 0 saturated carbocycles.